The number of benzene rings is 2. The average Bonchev–Trinajstić information content (AvgIpc) is 2.73. The quantitative estimate of drug-likeness (QED) is 0.680. The molecule has 0 N–H and O–H groups in total. The number of methoxy groups -OCH3 is 2. The molecule has 2 aromatic carbocycles. The summed E-state index contributed by atoms with van der Waals surface area (Å²) < 4.78 is 24.1. The fourth-order valence-corrected chi connectivity index (χ4v) is 5.00. The van der Waals surface area contributed by atoms with Crippen LogP contribution in [-0.2, 0) is 19.4 Å². The number of fused-ring (bicyclic) bond motifs is 4. The molecule has 2 heterocycles. The van der Waals surface area contributed by atoms with Gasteiger partial charge in [-0.05, 0) is 43.2 Å². The topological polar surface area (TPSA) is 36.9 Å². The van der Waals surface area contributed by atoms with Crippen molar-refractivity contribution in [1.29, 1.82) is 0 Å². The average molecular weight is 399 g/mol. The minimum atomic E-state index is 0.402. The van der Waals surface area contributed by atoms with Crippen molar-refractivity contribution in [2.24, 2.45) is 0 Å². The van der Waals surface area contributed by atoms with E-state index in [-0.39, 0.29) is 0 Å². The Labute approximate surface area is 173 Å². The Morgan fingerprint density at radius 2 is 1.69 bits per heavy atom. The predicted molar refractivity (Wildman–Crippen MR) is 113 cm³/mol. The molecule has 1 unspecified atom stereocenters. The van der Waals surface area contributed by atoms with Crippen LogP contribution in [0.1, 0.15) is 42.1 Å². The van der Waals surface area contributed by atoms with E-state index in [0.717, 1.165) is 53.4 Å². The lowest BCUT2D eigenvalue weighted by Gasteiger charge is -2.49. The minimum Gasteiger partial charge on any atom is -0.493 e. The van der Waals surface area contributed by atoms with E-state index in [4.69, 9.17) is 18.9 Å². The molecule has 5 heteroatoms. The van der Waals surface area contributed by atoms with E-state index in [0.29, 0.717) is 19.3 Å². The van der Waals surface area contributed by atoms with Gasteiger partial charge in [0.15, 0.2) is 23.0 Å². The molecule has 4 rings (SSSR count). The Hall–Kier alpha value is -2.40. The first-order chi connectivity index (χ1) is 14.0. The lowest BCUT2D eigenvalue weighted by atomic mass is 9.81. The highest BCUT2D eigenvalue weighted by atomic mass is 16.5. The summed E-state index contributed by atoms with van der Waals surface area (Å²) >= 11 is 0. The molecular weight excluding hydrogens is 366 g/mol. The zero-order valence-electron chi connectivity index (χ0n) is 18.2. The molecule has 0 fully saturated rings. The molecule has 0 aliphatic carbocycles. The second-order valence-corrected chi connectivity index (χ2v) is 8.13. The number of quaternary nitrogens is 1. The Balaban J connectivity index is 1.80. The van der Waals surface area contributed by atoms with Crippen LogP contribution in [0.4, 0.5) is 0 Å². The maximum Gasteiger partial charge on any atom is 0.170 e. The minimum absolute atomic E-state index is 0.402. The van der Waals surface area contributed by atoms with Crippen molar-refractivity contribution in [3.8, 4) is 23.0 Å². The van der Waals surface area contributed by atoms with Crippen LogP contribution < -0.4 is 18.9 Å². The number of likely N-dealkylation sites (N-methyl/N-ethyl adjacent to an activating group) is 1. The lowest BCUT2D eigenvalue weighted by Crippen LogP contribution is -2.53. The molecule has 5 nitrogen and oxygen atoms in total. The van der Waals surface area contributed by atoms with Gasteiger partial charge in [-0.15, -0.1) is 0 Å². The van der Waals surface area contributed by atoms with Crippen molar-refractivity contribution in [3.63, 3.8) is 0 Å². The van der Waals surface area contributed by atoms with Crippen LogP contribution in [0.25, 0.3) is 0 Å². The summed E-state index contributed by atoms with van der Waals surface area (Å²) in [6, 6.07) is 9.05. The monoisotopic (exact) mass is 398 g/mol. The van der Waals surface area contributed by atoms with Gasteiger partial charge in [-0.25, -0.2) is 0 Å². The molecule has 0 aromatic heterocycles. The second-order valence-electron chi connectivity index (χ2n) is 8.13. The standard InChI is InChI=1S/C24H32NO4/c1-6-28-23-14-18-17(13-22(23)27-5)10-11-25(3)15-19-16(12-20(18)25)8-9-21(26-4)24(19)29-7-2/h8-9,13-14,20H,6-7,10-12,15H2,1-5H3/q+1/t20-,25?/m1/s1. The van der Waals surface area contributed by atoms with E-state index in [1.165, 1.54) is 22.3 Å². The van der Waals surface area contributed by atoms with Gasteiger partial charge >= 0.3 is 0 Å². The Morgan fingerprint density at radius 1 is 0.931 bits per heavy atom. The van der Waals surface area contributed by atoms with Crippen molar-refractivity contribution in [2.45, 2.75) is 39.3 Å². The van der Waals surface area contributed by atoms with Crippen molar-refractivity contribution in [2.75, 3.05) is 41.0 Å². The van der Waals surface area contributed by atoms with Gasteiger partial charge in [0.25, 0.3) is 0 Å². The van der Waals surface area contributed by atoms with Crippen LogP contribution >= 0.6 is 0 Å². The first kappa shape index (κ1) is 19.9. The van der Waals surface area contributed by atoms with Crippen LogP contribution in [0.5, 0.6) is 23.0 Å². The molecule has 0 saturated carbocycles. The fraction of sp³-hybridized carbons (Fsp3) is 0.500. The third-order valence-corrected chi connectivity index (χ3v) is 6.49. The molecule has 29 heavy (non-hydrogen) atoms. The predicted octanol–water partition coefficient (Wildman–Crippen LogP) is 4.30. The van der Waals surface area contributed by atoms with Gasteiger partial charge in [0.05, 0.1) is 46.6 Å². The number of hydrogen-bond donors (Lipinski definition) is 0. The van der Waals surface area contributed by atoms with Gasteiger partial charge in [-0.1, -0.05) is 6.07 Å². The van der Waals surface area contributed by atoms with E-state index < -0.39 is 0 Å². The largest absolute Gasteiger partial charge is 0.493 e. The highest BCUT2D eigenvalue weighted by molar-refractivity contribution is 5.53. The van der Waals surface area contributed by atoms with Gasteiger partial charge < -0.3 is 23.4 Å². The van der Waals surface area contributed by atoms with Gasteiger partial charge in [-0.3, -0.25) is 0 Å². The molecule has 156 valence electrons. The number of ether oxygens (including phenoxy) is 4. The van der Waals surface area contributed by atoms with E-state index in [1.54, 1.807) is 14.2 Å². The molecule has 0 spiro atoms. The van der Waals surface area contributed by atoms with Gasteiger partial charge in [0.2, 0.25) is 0 Å². The maximum absolute atomic E-state index is 6.03. The number of rotatable bonds is 6. The normalized spacial score (nSPS) is 22.2. The molecule has 2 aliphatic rings. The molecule has 0 saturated heterocycles. The first-order valence-corrected chi connectivity index (χ1v) is 10.5. The highest BCUT2D eigenvalue weighted by Gasteiger charge is 2.44. The number of nitrogens with zero attached hydrogens (tertiary/aromatic N) is 1. The zero-order chi connectivity index (χ0) is 20.6. The maximum atomic E-state index is 6.03. The molecular formula is C24H32NO4+. The third-order valence-electron chi connectivity index (χ3n) is 6.49. The second kappa shape index (κ2) is 7.79. The van der Waals surface area contributed by atoms with Gasteiger partial charge in [0.1, 0.15) is 12.6 Å². The van der Waals surface area contributed by atoms with Crippen LogP contribution in [-0.4, -0.2) is 45.5 Å². The van der Waals surface area contributed by atoms with Crippen LogP contribution in [0.3, 0.4) is 0 Å². The van der Waals surface area contributed by atoms with E-state index in [1.807, 2.05) is 19.9 Å². The summed E-state index contributed by atoms with van der Waals surface area (Å²) in [6.07, 6.45) is 2.02. The molecule has 2 aromatic rings. The zero-order valence-corrected chi connectivity index (χ0v) is 18.2. The van der Waals surface area contributed by atoms with Crippen LogP contribution in [0.15, 0.2) is 24.3 Å². The van der Waals surface area contributed by atoms with Crippen molar-refractivity contribution >= 4 is 0 Å². The molecule has 0 bridgehead atoms. The van der Waals surface area contributed by atoms with Crippen molar-refractivity contribution < 1.29 is 23.4 Å². The van der Waals surface area contributed by atoms with Gasteiger partial charge in [0, 0.05) is 18.4 Å². The third kappa shape index (κ3) is 3.31. The molecule has 0 radical (unpaired) electrons. The fourth-order valence-electron chi connectivity index (χ4n) is 5.00. The molecule has 2 atom stereocenters. The first-order valence-electron chi connectivity index (χ1n) is 10.5. The lowest BCUT2D eigenvalue weighted by molar-refractivity contribution is -0.956. The van der Waals surface area contributed by atoms with E-state index in [9.17, 15) is 0 Å². The Morgan fingerprint density at radius 3 is 2.38 bits per heavy atom. The molecule has 0 amide bonds. The van der Waals surface area contributed by atoms with E-state index in [2.05, 4.69) is 25.2 Å². The Kier molecular flexibility index (Phi) is 5.34. The van der Waals surface area contributed by atoms with E-state index >= 15 is 0 Å². The summed E-state index contributed by atoms with van der Waals surface area (Å²) in [4.78, 5) is 0. The molecule has 2 aliphatic heterocycles. The highest BCUT2D eigenvalue weighted by Crippen LogP contribution is 2.49. The van der Waals surface area contributed by atoms with Gasteiger partial charge in [-0.2, -0.15) is 0 Å². The number of hydrogen-bond acceptors (Lipinski definition) is 4. The van der Waals surface area contributed by atoms with Crippen molar-refractivity contribution in [3.05, 3.63) is 46.5 Å². The SMILES string of the molecule is CCOc1cc2c(cc1OC)CC[N+]1(C)Cc3c(ccc(OC)c3OCC)C[C@H]21. The summed E-state index contributed by atoms with van der Waals surface area (Å²) in [6.45, 7) is 7.35. The summed E-state index contributed by atoms with van der Waals surface area (Å²) in [5.41, 5.74) is 5.43. The van der Waals surface area contributed by atoms with Crippen LogP contribution in [0.2, 0.25) is 0 Å². The summed E-state index contributed by atoms with van der Waals surface area (Å²) in [5.74, 6) is 3.43. The summed E-state index contributed by atoms with van der Waals surface area (Å²) in [7, 11) is 5.80. The Bertz CT molecular complexity index is 910. The smallest absolute Gasteiger partial charge is 0.170 e. The van der Waals surface area contributed by atoms with Crippen molar-refractivity contribution in [1.82, 2.24) is 0 Å². The van der Waals surface area contributed by atoms with Crippen LogP contribution in [0, 0.1) is 0 Å². The summed E-state index contributed by atoms with van der Waals surface area (Å²) in [5, 5.41) is 0.